The first-order valence-corrected chi connectivity index (χ1v) is 9.86. The number of hydrogen-bond donors (Lipinski definition) is 0. The van der Waals surface area contributed by atoms with E-state index in [2.05, 4.69) is 21.6 Å². The number of aryl methyl sites for hydroxylation is 1. The van der Waals surface area contributed by atoms with E-state index in [9.17, 15) is 9.59 Å². The molecule has 2 aliphatic rings. The van der Waals surface area contributed by atoms with Gasteiger partial charge in [-0.2, -0.15) is 10.1 Å². The fourth-order valence-corrected chi connectivity index (χ4v) is 4.08. The number of hydrogen-bond acceptors (Lipinski definition) is 6. The Balaban J connectivity index is 1.76. The summed E-state index contributed by atoms with van der Waals surface area (Å²) in [7, 11) is 1.65. The van der Waals surface area contributed by atoms with Gasteiger partial charge in [0.1, 0.15) is 0 Å². The van der Waals surface area contributed by atoms with Crippen molar-refractivity contribution in [3.05, 3.63) is 33.5 Å². The first-order valence-electron chi connectivity index (χ1n) is 9.86. The van der Waals surface area contributed by atoms with Crippen molar-refractivity contribution in [1.29, 1.82) is 0 Å². The summed E-state index contributed by atoms with van der Waals surface area (Å²) in [6.07, 6.45) is 5.34. The van der Waals surface area contributed by atoms with E-state index in [4.69, 9.17) is 0 Å². The summed E-state index contributed by atoms with van der Waals surface area (Å²) in [5, 5.41) is 6.54. The molecule has 0 bridgehead atoms. The SMILES string of the molecule is C=CCn1c(=O)c2c(nc3n2CC(C)=NN3CCN2CCCCC2)n(C)c1=O. The lowest BCUT2D eigenvalue weighted by atomic mass is 10.1. The van der Waals surface area contributed by atoms with Gasteiger partial charge in [-0.25, -0.2) is 9.80 Å². The average Bonchev–Trinajstić information content (AvgIpc) is 3.08. The fraction of sp³-hybridized carbons (Fsp3) is 0.579. The number of anilines is 1. The number of likely N-dealkylation sites (tertiary alicyclic amines) is 1. The summed E-state index contributed by atoms with van der Waals surface area (Å²) in [5.41, 5.74) is 1.04. The Morgan fingerprint density at radius 2 is 1.89 bits per heavy atom. The van der Waals surface area contributed by atoms with Crippen LogP contribution in [-0.4, -0.2) is 55.5 Å². The molecule has 9 nitrogen and oxygen atoms in total. The molecule has 4 rings (SSSR count). The number of piperidine rings is 1. The molecule has 4 heterocycles. The maximum atomic E-state index is 13.0. The van der Waals surface area contributed by atoms with Crippen LogP contribution >= 0.6 is 0 Å². The van der Waals surface area contributed by atoms with Crippen LogP contribution in [0.25, 0.3) is 11.2 Å². The molecule has 0 radical (unpaired) electrons. The van der Waals surface area contributed by atoms with Crippen LogP contribution < -0.4 is 16.3 Å². The van der Waals surface area contributed by atoms with Crippen LogP contribution in [-0.2, 0) is 20.1 Å². The van der Waals surface area contributed by atoms with Gasteiger partial charge >= 0.3 is 5.69 Å². The molecule has 150 valence electrons. The maximum absolute atomic E-state index is 13.0. The highest BCUT2D eigenvalue weighted by atomic mass is 16.2. The van der Waals surface area contributed by atoms with Crippen LogP contribution in [0.5, 0.6) is 0 Å². The minimum atomic E-state index is -0.384. The minimum Gasteiger partial charge on any atom is -0.301 e. The topological polar surface area (TPSA) is 80.7 Å². The van der Waals surface area contributed by atoms with Crippen LogP contribution in [0.1, 0.15) is 26.2 Å². The van der Waals surface area contributed by atoms with E-state index in [-0.39, 0.29) is 17.8 Å². The largest absolute Gasteiger partial charge is 0.332 e. The summed E-state index contributed by atoms with van der Waals surface area (Å²) in [4.78, 5) is 32.7. The molecule has 0 aliphatic carbocycles. The molecule has 9 heteroatoms. The lowest BCUT2D eigenvalue weighted by molar-refractivity contribution is 0.233. The number of allylic oxidation sites excluding steroid dienone is 1. The molecule has 2 aromatic rings. The van der Waals surface area contributed by atoms with Crippen molar-refractivity contribution in [1.82, 2.24) is 23.6 Å². The van der Waals surface area contributed by atoms with Crippen molar-refractivity contribution in [2.24, 2.45) is 12.1 Å². The predicted molar refractivity (Wildman–Crippen MR) is 110 cm³/mol. The van der Waals surface area contributed by atoms with Crippen molar-refractivity contribution in [2.45, 2.75) is 39.3 Å². The minimum absolute atomic E-state index is 0.174. The highest BCUT2D eigenvalue weighted by Crippen LogP contribution is 2.23. The van der Waals surface area contributed by atoms with Crippen LogP contribution in [0.4, 0.5) is 5.95 Å². The zero-order valence-electron chi connectivity index (χ0n) is 16.6. The zero-order valence-corrected chi connectivity index (χ0v) is 16.6. The number of nitrogens with zero attached hydrogens (tertiary/aromatic N) is 7. The van der Waals surface area contributed by atoms with Crippen molar-refractivity contribution in [2.75, 3.05) is 31.2 Å². The van der Waals surface area contributed by atoms with Crippen molar-refractivity contribution in [3.8, 4) is 0 Å². The van der Waals surface area contributed by atoms with E-state index in [1.807, 2.05) is 16.5 Å². The van der Waals surface area contributed by atoms with Gasteiger partial charge in [-0.15, -0.1) is 6.58 Å². The molecule has 0 aromatic carbocycles. The third-order valence-electron chi connectivity index (χ3n) is 5.51. The summed E-state index contributed by atoms with van der Waals surface area (Å²) < 4.78 is 4.52. The summed E-state index contributed by atoms with van der Waals surface area (Å²) in [6.45, 7) is 10.1. The van der Waals surface area contributed by atoms with E-state index in [0.29, 0.717) is 30.2 Å². The Bertz CT molecular complexity index is 1050. The Morgan fingerprint density at radius 3 is 2.61 bits per heavy atom. The van der Waals surface area contributed by atoms with E-state index in [0.717, 1.165) is 25.3 Å². The Morgan fingerprint density at radius 1 is 1.14 bits per heavy atom. The third-order valence-corrected chi connectivity index (χ3v) is 5.51. The molecule has 0 unspecified atom stereocenters. The second-order valence-corrected chi connectivity index (χ2v) is 7.58. The molecule has 1 saturated heterocycles. The van der Waals surface area contributed by atoms with Gasteiger partial charge in [-0.3, -0.25) is 18.5 Å². The Labute approximate surface area is 163 Å². The standard InChI is InChI=1S/C19H27N7O2/c1-4-8-24-17(27)15-16(22(3)19(24)28)20-18-25(15)13-14(2)21-26(18)12-11-23-9-6-5-7-10-23/h4H,1,5-13H2,2-3H3. The molecule has 0 atom stereocenters. The molecular weight excluding hydrogens is 358 g/mol. The highest BCUT2D eigenvalue weighted by Gasteiger charge is 2.26. The van der Waals surface area contributed by atoms with Crippen LogP contribution in [0.3, 0.4) is 0 Å². The van der Waals surface area contributed by atoms with Crippen LogP contribution in [0.2, 0.25) is 0 Å². The number of imidazole rings is 1. The molecule has 2 aromatic heterocycles. The molecule has 2 aliphatic heterocycles. The van der Waals surface area contributed by atoms with Crippen LogP contribution in [0.15, 0.2) is 27.3 Å². The van der Waals surface area contributed by atoms with Gasteiger partial charge in [-0.1, -0.05) is 12.5 Å². The number of aromatic nitrogens is 4. The monoisotopic (exact) mass is 385 g/mol. The molecule has 0 N–H and O–H groups in total. The van der Waals surface area contributed by atoms with E-state index < -0.39 is 0 Å². The van der Waals surface area contributed by atoms with E-state index >= 15 is 0 Å². The van der Waals surface area contributed by atoms with E-state index in [1.54, 1.807) is 13.1 Å². The number of fused-ring (bicyclic) bond motifs is 3. The Kier molecular flexibility index (Phi) is 4.92. The van der Waals surface area contributed by atoms with Crippen molar-refractivity contribution in [3.63, 3.8) is 0 Å². The molecular formula is C19H27N7O2. The van der Waals surface area contributed by atoms with Crippen molar-refractivity contribution >= 4 is 22.8 Å². The average molecular weight is 385 g/mol. The van der Waals surface area contributed by atoms with Gasteiger partial charge in [0.15, 0.2) is 11.2 Å². The maximum Gasteiger partial charge on any atom is 0.332 e. The predicted octanol–water partition coefficient (Wildman–Crippen LogP) is 0.765. The quantitative estimate of drug-likeness (QED) is 0.710. The summed E-state index contributed by atoms with van der Waals surface area (Å²) in [6, 6.07) is 0. The van der Waals surface area contributed by atoms with E-state index in [1.165, 1.54) is 28.4 Å². The second-order valence-electron chi connectivity index (χ2n) is 7.58. The lowest BCUT2D eigenvalue weighted by Gasteiger charge is -2.30. The molecule has 1 fully saturated rings. The highest BCUT2D eigenvalue weighted by molar-refractivity contribution is 5.87. The van der Waals surface area contributed by atoms with Gasteiger partial charge in [0.25, 0.3) is 5.56 Å². The summed E-state index contributed by atoms with van der Waals surface area (Å²) >= 11 is 0. The number of rotatable bonds is 5. The van der Waals surface area contributed by atoms with Gasteiger partial charge < -0.3 is 4.90 Å². The first-order chi connectivity index (χ1) is 13.5. The van der Waals surface area contributed by atoms with Gasteiger partial charge in [-0.05, 0) is 32.9 Å². The first kappa shape index (κ1) is 18.7. The molecule has 0 spiro atoms. The molecule has 0 saturated carbocycles. The van der Waals surface area contributed by atoms with Gasteiger partial charge in [0, 0.05) is 20.1 Å². The normalized spacial score (nSPS) is 17.6. The second kappa shape index (κ2) is 7.38. The molecule has 28 heavy (non-hydrogen) atoms. The number of hydrazone groups is 1. The third kappa shape index (κ3) is 3.09. The smallest absolute Gasteiger partial charge is 0.301 e. The Hall–Kier alpha value is -2.68. The van der Waals surface area contributed by atoms with Gasteiger partial charge in [0.05, 0.1) is 18.8 Å². The fourth-order valence-electron chi connectivity index (χ4n) is 4.08. The van der Waals surface area contributed by atoms with Crippen LogP contribution in [0, 0.1) is 0 Å². The van der Waals surface area contributed by atoms with Crippen molar-refractivity contribution < 1.29 is 0 Å². The zero-order chi connectivity index (χ0) is 19.8. The van der Waals surface area contributed by atoms with Gasteiger partial charge in [0.2, 0.25) is 5.95 Å². The summed E-state index contributed by atoms with van der Waals surface area (Å²) in [5.74, 6) is 0.626. The molecule has 0 amide bonds. The lowest BCUT2D eigenvalue weighted by Crippen LogP contribution is -2.40.